The van der Waals surface area contributed by atoms with E-state index in [2.05, 4.69) is 61.0 Å². The maximum absolute atomic E-state index is 13.7. The maximum Gasteiger partial charge on any atom is 0.138 e. The Balaban J connectivity index is 0.000000213. The molecule has 12 nitrogen and oxygen atoms in total. The van der Waals surface area contributed by atoms with Crippen LogP contribution in [-0.2, 0) is 19.6 Å². The average molecular weight is 832 g/mol. The first-order chi connectivity index (χ1) is 29.6. The van der Waals surface area contributed by atoms with Crippen molar-refractivity contribution in [2.24, 2.45) is 11.8 Å². The number of methoxy groups -OCH3 is 1. The van der Waals surface area contributed by atoms with Gasteiger partial charge in [0.2, 0.25) is 0 Å². The molecule has 0 bridgehead atoms. The second-order valence-corrected chi connectivity index (χ2v) is 15.7. The molecule has 7 aromatic rings. The lowest BCUT2D eigenvalue weighted by Gasteiger charge is -2.17. The average Bonchev–Trinajstić information content (AvgIpc) is 3.89. The lowest BCUT2D eigenvalue weighted by atomic mass is 10.1. The Bertz CT molecular complexity index is 2420. The second-order valence-electron chi connectivity index (χ2n) is 15.7. The van der Waals surface area contributed by atoms with E-state index >= 15 is 0 Å². The predicted octanol–water partition coefficient (Wildman–Crippen LogP) is 7.94. The number of phenols is 2. The molecule has 0 aliphatic heterocycles. The number of ether oxygens (including phenoxy) is 1. The highest BCUT2D eigenvalue weighted by atomic mass is 19.1. The quantitative estimate of drug-likeness (QED) is 0.0376. The Labute approximate surface area is 356 Å². The van der Waals surface area contributed by atoms with Crippen LogP contribution in [0.25, 0.3) is 22.1 Å². The van der Waals surface area contributed by atoms with Gasteiger partial charge >= 0.3 is 0 Å². The lowest BCUT2D eigenvalue weighted by Crippen LogP contribution is -2.27. The fourth-order valence-corrected chi connectivity index (χ4v) is 7.09. The number of aliphatic hydroxyl groups is 2. The summed E-state index contributed by atoms with van der Waals surface area (Å²) in [5, 5.41) is 50.1. The number of anilines is 1. The van der Waals surface area contributed by atoms with Crippen LogP contribution in [0.1, 0.15) is 55.6 Å². The fourth-order valence-electron chi connectivity index (χ4n) is 7.09. The van der Waals surface area contributed by atoms with Gasteiger partial charge in [0.25, 0.3) is 0 Å². The first-order valence-corrected chi connectivity index (χ1v) is 20.8. The van der Waals surface area contributed by atoms with Gasteiger partial charge in [0, 0.05) is 44.4 Å². The molecule has 0 aliphatic carbocycles. The number of benzene rings is 5. The molecule has 2 aromatic heterocycles. The molecule has 5 aromatic carbocycles. The molecular formula is C48H58FN7O5. The second kappa shape index (κ2) is 22.0. The zero-order valence-electron chi connectivity index (χ0n) is 35.1. The van der Waals surface area contributed by atoms with Crippen LogP contribution in [0, 0.1) is 17.7 Å². The van der Waals surface area contributed by atoms with Gasteiger partial charge in [-0.1, -0.05) is 56.3 Å². The van der Waals surface area contributed by atoms with Gasteiger partial charge in [-0.25, -0.2) is 14.4 Å². The maximum atomic E-state index is 13.7. The number of hydrogen-bond donors (Lipinski definition) is 7. The first-order valence-electron chi connectivity index (χ1n) is 20.8. The summed E-state index contributed by atoms with van der Waals surface area (Å²) in [5.74, 6) is 1.06. The largest absolute Gasteiger partial charge is 0.508 e. The predicted molar refractivity (Wildman–Crippen MR) is 239 cm³/mol. The Kier molecular flexibility index (Phi) is 16.1. The number of fused-ring (bicyclic) bond motifs is 2. The number of aromatic hydroxyl groups is 2. The summed E-state index contributed by atoms with van der Waals surface area (Å²) in [6.07, 6.45) is 4.14. The van der Waals surface area contributed by atoms with Crippen LogP contribution in [-0.4, -0.2) is 72.8 Å². The molecule has 0 spiro atoms. The number of hydrogen-bond acceptors (Lipinski definition) is 10. The third-order valence-electron chi connectivity index (χ3n) is 10.8. The van der Waals surface area contributed by atoms with Crippen molar-refractivity contribution in [1.29, 1.82) is 0 Å². The number of nitrogens with one attached hydrogen (secondary N) is 3. The summed E-state index contributed by atoms with van der Waals surface area (Å²) in [6.45, 7) is 8.93. The van der Waals surface area contributed by atoms with E-state index in [1.54, 1.807) is 25.3 Å². The van der Waals surface area contributed by atoms with Crippen molar-refractivity contribution in [1.82, 2.24) is 29.7 Å². The van der Waals surface area contributed by atoms with Gasteiger partial charge in [0.05, 0.1) is 59.7 Å². The summed E-state index contributed by atoms with van der Waals surface area (Å²) in [4.78, 5) is 8.84. The van der Waals surface area contributed by atoms with E-state index in [0.717, 1.165) is 84.0 Å². The van der Waals surface area contributed by atoms with Crippen molar-refractivity contribution in [2.75, 3.05) is 38.6 Å². The third-order valence-corrected chi connectivity index (χ3v) is 10.8. The number of rotatable bonds is 20. The van der Waals surface area contributed by atoms with Crippen molar-refractivity contribution >= 4 is 27.8 Å². The summed E-state index contributed by atoms with van der Waals surface area (Å²) in [5.41, 5.74) is 6.91. The number of imidazole rings is 2. The Morgan fingerprint density at radius 1 is 0.672 bits per heavy atom. The lowest BCUT2D eigenvalue weighted by molar-refractivity contribution is 0.168. The zero-order valence-corrected chi connectivity index (χ0v) is 35.1. The van der Waals surface area contributed by atoms with Gasteiger partial charge < -0.3 is 50.2 Å². The Hall–Kier alpha value is -5.99. The van der Waals surface area contributed by atoms with E-state index in [9.17, 15) is 24.8 Å². The van der Waals surface area contributed by atoms with Crippen molar-refractivity contribution < 1.29 is 29.6 Å². The zero-order chi connectivity index (χ0) is 43.1. The third kappa shape index (κ3) is 12.8. The molecule has 0 radical (unpaired) electrons. The molecule has 4 atom stereocenters. The molecule has 4 unspecified atom stereocenters. The van der Waals surface area contributed by atoms with Crippen LogP contribution in [0.5, 0.6) is 17.2 Å². The number of para-hydroxylation sites is 4. The van der Waals surface area contributed by atoms with Crippen LogP contribution in [0.4, 0.5) is 10.1 Å². The molecule has 61 heavy (non-hydrogen) atoms. The summed E-state index contributed by atoms with van der Waals surface area (Å²) < 4.78 is 23.3. The van der Waals surface area contributed by atoms with Gasteiger partial charge in [-0.3, -0.25) is 0 Å². The smallest absolute Gasteiger partial charge is 0.138 e. The van der Waals surface area contributed by atoms with Crippen LogP contribution in [0.3, 0.4) is 0 Å². The highest BCUT2D eigenvalue weighted by Gasteiger charge is 2.15. The fraction of sp³-hybridized carbons (Fsp3) is 0.333. The minimum absolute atomic E-state index is 0.146. The first kappa shape index (κ1) is 44.6. The molecule has 322 valence electrons. The van der Waals surface area contributed by atoms with Crippen molar-refractivity contribution in [3.05, 3.63) is 144 Å². The molecule has 7 rings (SSSR count). The molecule has 0 aliphatic rings. The number of nitrogens with zero attached hydrogens (tertiary/aromatic N) is 4. The van der Waals surface area contributed by atoms with E-state index in [1.165, 1.54) is 12.1 Å². The van der Waals surface area contributed by atoms with Crippen molar-refractivity contribution in [2.45, 2.75) is 58.5 Å². The summed E-state index contributed by atoms with van der Waals surface area (Å²) in [7, 11) is 1.64. The minimum atomic E-state index is -0.944. The van der Waals surface area contributed by atoms with E-state index in [1.807, 2.05) is 73.3 Å². The molecule has 13 heteroatoms. The van der Waals surface area contributed by atoms with Gasteiger partial charge in [-0.15, -0.1) is 0 Å². The normalized spacial score (nSPS) is 13.3. The molecule has 0 fully saturated rings. The van der Waals surface area contributed by atoms with Gasteiger partial charge in [-0.2, -0.15) is 0 Å². The highest BCUT2D eigenvalue weighted by Crippen LogP contribution is 2.28. The number of aliphatic hydroxyl groups excluding tert-OH is 2. The number of aryl methyl sites for hydroxylation is 2. The molecule has 0 saturated heterocycles. The molecule has 2 heterocycles. The van der Waals surface area contributed by atoms with E-state index in [0.29, 0.717) is 30.6 Å². The number of halogens is 1. The minimum Gasteiger partial charge on any atom is -0.508 e. The van der Waals surface area contributed by atoms with E-state index < -0.39 is 18.0 Å². The van der Waals surface area contributed by atoms with Crippen LogP contribution < -0.4 is 20.7 Å². The molecule has 0 saturated carbocycles. The van der Waals surface area contributed by atoms with Crippen molar-refractivity contribution in [3.8, 4) is 17.2 Å². The van der Waals surface area contributed by atoms with Crippen LogP contribution in [0.2, 0.25) is 0 Å². The summed E-state index contributed by atoms with van der Waals surface area (Å²) >= 11 is 0. The highest BCUT2D eigenvalue weighted by molar-refractivity contribution is 5.75. The monoisotopic (exact) mass is 831 g/mol. The SMILES string of the molecule is CC(CCn1cnc2ccccc21)CNCC(O)c1ccc(O)cc1F.COc1ccc(CNc2cc(C(O)CNCC(C)CCn3cnc4ccccc43)ccc2O)cc1. The van der Waals surface area contributed by atoms with Crippen LogP contribution in [0.15, 0.2) is 122 Å². The summed E-state index contributed by atoms with van der Waals surface area (Å²) in [6, 6.07) is 33.0. The van der Waals surface area contributed by atoms with E-state index in [4.69, 9.17) is 4.74 Å². The Morgan fingerprint density at radius 2 is 1.25 bits per heavy atom. The van der Waals surface area contributed by atoms with E-state index in [-0.39, 0.29) is 23.6 Å². The van der Waals surface area contributed by atoms with Gasteiger partial charge in [-0.05, 0) is 110 Å². The standard InChI is InChI=1S/C28H34N4O3.C20H24FN3O2/c1-20(13-14-32-19-31-24-5-3-4-6-26(24)32)16-29-18-28(34)22-9-12-27(33)25(15-22)30-17-21-7-10-23(35-2)11-8-21;1-14(8-9-24-13-23-18-4-2-3-5-19(18)24)11-22-12-20(26)16-7-6-15(25)10-17(16)21/h3-12,15,19-20,28-30,33-34H,13-14,16-18H2,1-2H3;2-7,10,13-14,20,22,25-26H,8-9,11-12H2,1H3. The molecular weight excluding hydrogens is 774 g/mol. The number of aromatic nitrogens is 4. The van der Waals surface area contributed by atoms with Crippen LogP contribution >= 0.6 is 0 Å². The topological polar surface area (TPSA) is 162 Å². The molecule has 7 N–H and O–H groups in total. The van der Waals surface area contributed by atoms with Gasteiger partial charge in [0.15, 0.2) is 0 Å². The van der Waals surface area contributed by atoms with Gasteiger partial charge in [0.1, 0.15) is 23.1 Å². The van der Waals surface area contributed by atoms with Crippen molar-refractivity contribution in [3.63, 3.8) is 0 Å². The number of phenolic OH excluding ortho intramolecular Hbond substituents is 2. The molecule has 0 amide bonds. The Morgan fingerprint density at radius 3 is 1.82 bits per heavy atom.